The van der Waals surface area contributed by atoms with Crippen molar-refractivity contribution in [2.24, 2.45) is 0 Å². The Kier molecular flexibility index (Phi) is 5.17. The largest absolute Gasteiger partial charge is 0.370 e. The highest BCUT2D eigenvalue weighted by atomic mass is 79.9. The van der Waals surface area contributed by atoms with E-state index in [1.807, 2.05) is 26.0 Å². The van der Waals surface area contributed by atoms with Crippen LogP contribution in [0.15, 0.2) is 22.7 Å². The zero-order valence-electron chi connectivity index (χ0n) is 12.9. The van der Waals surface area contributed by atoms with Gasteiger partial charge in [0.2, 0.25) is 0 Å². The molecule has 0 aliphatic rings. The molecule has 0 aliphatic carbocycles. The predicted molar refractivity (Wildman–Crippen MR) is 92.4 cm³/mol. The highest BCUT2D eigenvalue weighted by Crippen LogP contribution is 2.26. The van der Waals surface area contributed by atoms with Crippen LogP contribution in [0.4, 0.5) is 17.3 Å². The lowest BCUT2D eigenvalue weighted by Crippen LogP contribution is -2.08. The number of nitrogens with zero attached hydrogens (tertiary/aromatic N) is 2. The average Bonchev–Trinajstić information content (AvgIpc) is 2.45. The maximum Gasteiger partial charge on any atom is 0.139 e. The molecule has 0 saturated carbocycles. The molecule has 4 nitrogen and oxygen atoms in total. The third-order valence-corrected chi connectivity index (χ3v) is 4.11. The molecule has 1 aromatic heterocycles. The second kappa shape index (κ2) is 6.89. The molecule has 0 spiro atoms. The molecule has 0 saturated heterocycles. The Balaban J connectivity index is 2.30. The molecular weight excluding hydrogens is 328 g/mol. The summed E-state index contributed by atoms with van der Waals surface area (Å²) in [6.07, 6.45) is 1.07. The van der Waals surface area contributed by atoms with Gasteiger partial charge >= 0.3 is 0 Å². The van der Waals surface area contributed by atoms with Crippen LogP contribution in [-0.2, 0) is 0 Å². The normalized spacial score (nSPS) is 10.5. The maximum absolute atomic E-state index is 4.51. The van der Waals surface area contributed by atoms with Crippen molar-refractivity contribution in [2.75, 3.05) is 17.2 Å². The van der Waals surface area contributed by atoms with E-state index in [1.54, 1.807) is 0 Å². The highest BCUT2D eigenvalue weighted by molar-refractivity contribution is 9.10. The van der Waals surface area contributed by atoms with Gasteiger partial charge in [-0.15, -0.1) is 0 Å². The Bertz CT molecular complexity index is 640. The molecule has 0 aliphatic heterocycles. The Labute approximate surface area is 134 Å². The van der Waals surface area contributed by atoms with E-state index in [4.69, 9.17) is 0 Å². The second-order valence-corrected chi connectivity index (χ2v) is 5.96. The summed E-state index contributed by atoms with van der Waals surface area (Å²) in [7, 11) is 0. The fourth-order valence-corrected chi connectivity index (χ4v) is 2.27. The smallest absolute Gasteiger partial charge is 0.139 e. The van der Waals surface area contributed by atoms with Gasteiger partial charge in [-0.2, -0.15) is 0 Å². The SMILES string of the molecule is CCCNc1nc(C)nc(Nc2ccc(Br)c(C)c2)c1C. The summed E-state index contributed by atoms with van der Waals surface area (Å²) in [4.78, 5) is 8.99. The molecule has 0 amide bonds. The van der Waals surface area contributed by atoms with E-state index < -0.39 is 0 Å². The first-order valence-electron chi connectivity index (χ1n) is 7.13. The Morgan fingerprint density at radius 2 is 1.81 bits per heavy atom. The summed E-state index contributed by atoms with van der Waals surface area (Å²) >= 11 is 3.52. The lowest BCUT2D eigenvalue weighted by molar-refractivity contribution is 0.948. The van der Waals surface area contributed by atoms with Crippen LogP contribution in [-0.4, -0.2) is 16.5 Å². The number of aromatic nitrogens is 2. The molecule has 0 unspecified atom stereocenters. The van der Waals surface area contributed by atoms with Crippen LogP contribution in [0, 0.1) is 20.8 Å². The fraction of sp³-hybridized carbons (Fsp3) is 0.375. The first-order valence-corrected chi connectivity index (χ1v) is 7.93. The van der Waals surface area contributed by atoms with Gasteiger partial charge in [0.25, 0.3) is 0 Å². The molecule has 112 valence electrons. The van der Waals surface area contributed by atoms with E-state index in [-0.39, 0.29) is 0 Å². The van der Waals surface area contributed by atoms with E-state index in [2.05, 4.69) is 56.4 Å². The van der Waals surface area contributed by atoms with Gasteiger partial charge in [-0.05, 0) is 51.0 Å². The van der Waals surface area contributed by atoms with Crippen molar-refractivity contribution in [2.45, 2.75) is 34.1 Å². The molecule has 1 aromatic carbocycles. The molecule has 0 fully saturated rings. The van der Waals surface area contributed by atoms with Crippen molar-refractivity contribution in [3.63, 3.8) is 0 Å². The van der Waals surface area contributed by atoms with Crippen molar-refractivity contribution in [3.8, 4) is 0 Å². The minimum atomic E-state index is 0.760. The van der Waals surface area contributed by atoms with Crippen molar-refractivity contribution < 1.29 is 0 Å². The van der Waals surface area contributed by atoms with Crippen molar-refractivity contribution in [3.05, 3.63) is 39.6 Å². The zero-order valence-corrected chi connectivity index (χ0v) is 14.5. The van der Waals surface area contributed by atoms with Crippen LogP contribution in [0.1, 0.15) is 30.3 Å². The van der Waals surface area contributed by atoms with Gasteiger partial charge in [-0.1, -0.05) is 22.9 Å². The van der Waals surface area contributed by atoms with Crippen molar-refractivity contribution in [1.29, 1.82) is 0 Å². The van der Waals surface area contributed by atoms with Gasteiger partial charge in [0.1, 0.15) is 17.5 Å². The van der Waals surface area contributed by atoms with E-state index in [0.29, 0.717) is 0 Å². The fourth-order valence-electron chi connectivity index (χ4n) is 2.02. The van der Waals surface area contributed by atoms with Crippen LogP contribution in [0.3, 0.4) is 0 Å². The average molecular weight is 349 g/mol. The van der Waals surface area contributed by atoms with Crippen LogP contribution in [0.2, 0.25) is 0 Å². The van der Waals surface area contributed by atoms with E-state index in [0.717, 1.165) is 46.1 Å². The Morgan fingerprint density at radius 3 is 2.48 bits per heavy atom. The van der Waals surface area contributed by atoms with Gasteiger partial charge in [0.05, 0.1) is 0 Å². The van der Waals surface area contributed by atoms with Gasteiger partial charge in [0.15, 0.2) is 0 Å². The Morgan fingerprint density at radius 1 is 1.10 bits per heavy atom. The van der Waals surface area contributed by atoms with Crippen LogP contribution in [0.5, 0.6) is 0 Å². The van der Waals surface area contributed by atoms with Gasteiger partial charge in [0, 0.05) is 22.3 Å². The molecule has 1 heterocycles. The molecular formula is C16H21BrN4. The molecule has 5 heteroatoms. The number of anilines is 3. The first kappa shape index (κ1) is 15.8. The highest BCUT2D eigenvalue weighted by Gasteiger charge is 2.09. The number of hydrogen-bond donors (Lipinski definition) is 2. The standard InChI is InChI=1S/C16H21BrN4/c1-5-8-18-15-11(3)16(20-12(4)19-15)21-13-6-7-14(17)10(2)9-13/h6-7,9H,5,8H2,1-4H3,(H2,18,19,20,21). The molecule has 0 bridgehead atoms. The minimum absolute atomic E-state index is 0.760. The van der Waals surface area contributed by atoms with Crippen molar-refractivity contribution >= 4 is 33.3 Å². The quantitative estimate of drug-likeness (QED) is 0.819. The van der Waals surface area contributed by atoms with Crippen LogP contribution >= 0.6 is 15.9 Å². The molecule has 2 N–H and O–H groups in total. The van der Waals surface area contributed by atoms with Gasteiger partial charge in [-0.3, -0.25) is 0 Å². The first-order chi connectivity index (χ1) is 10.0. The number of halogens is 1. The third-order valence-electron chi connectivity index (χ3n) is 3.22. The minimum Gasteiger partial charge on any atom is -0.370 e. The zero-order chi connectivity index (χ0) is 15.4. The maximum atomic E-state index is 4.51. The van der Waals surface area contributed by atoms with Crippen LogP contribution < -0.4 is 10.6 Å². The van der Waals surface area contributed by atoms with Gasteiger partial charge < -0.3 is 10.6 Å². The lowest BCUT2D eigenvalue weighted by Gasteiger charge is -2.14. The summed E-state index contributed by atoms with van der Waals surface area (Å²) in [5, 5.41) is 6.74. The lowest BCUT2D eigenvalue weighted by atomic mass is 10.2. The molecule has 2 aromatic rings. The third kappa shape index (κ3) is 3.94. The molecule has 0 atom stereocenters. The molecule has 0 radical (unpaired) electrons. The summed E-state index contributed by atoms with van der Waals surface area (Å²) in [5.41, 5.74) is 3.25. The molecule has 2 rings (SSSR count). The van der Waals surface area contributed by atoms with E-state index in [9.17, 15) is 0 Å². The number of benzene rings is 1. The van der Waals surface area contributed by atoms with Crippen molar-refractivity contribution in [1.82, 2.24) is 9.97 Å². The number of hydrogen-bond acceptors (Lipinski definition) is 4. The monoisotopic (exact) mass is 348 g/mol. The number of rotatable bonds is 5. The topological polar surface area (TPSA) is 49.8 Å². The number of aryl methyl sites for hydroxylation is 2. The second-order valence-electron chi connectivity index (χ2n) is 5.11. The van der Waals surface area contributed by atoms with Crippen LogP contribution in [0.25, 0.3) is 0 Å². The summed E-state index contributed by atoms with van der Waals surface area (Å²) in [6.45, 7) is 9.07. The van der Waals surface area contributed by atoms with Gasteiger partial charge in [-0.25, -0.2) is 9.97 Å². The summed E-state index contributed by atoms with van der Waals surface area (Å²) in [6, 6.07) is 6.17. The summed E-state index contributed by atoms with van der Waals surface area (Å²) < 4.78 is 1.11. The Hall–Kier alpha value is -1.62. The predicted octanol–water partition coefficient (Wildman–Crippen LogP) is 4.73. The van der Waals surface area contributed by atoms with E-state index >= 15 is 0 Å². The number of nitrogens with one attached hydrogen (secondary N) is 2. The van der Waals surface area contributed by atoms with E-state index in [1.165, 1.54) is 5.56 Å². The molecule has 21 heavy (non-hydrogen) atoms. The summed E-state index contributed by atoms with van der Waals surface area (Å²) in [5.74, 6) is 2.51.